The average Bonchev–Trinajstić information content (AvgIpc) is 3.12. The SMILES string of the molecule is CC(C)(C)C1C(O)C(O)C(O)C(O)C1O.CC(C)(C)C1CC(O)CC(O)C1.CCC.C[C@@H]1C=CC[C@H]1O. The van der Waals surface area contributed by atoms with Crippen LogP contribution in [0.2, 0.25) is 0 Å². The first-order valence-corrected chi connectivity index (χ1v) is 13.9. The van der Waals surface area contributed by atoms with E-state index in [0.29, 0.717) is 18.3 Å². The molecule has 0 aromatic carbocycles. The minimum Gasteiger partial charge on any atom is -0.393 e. The minimum atomic E-state index is -1.51. The molecule has 2 fully saturated rings. The number of hydrogen-bond acceptors (Lipinski definition) is 8. The van der Waals surface area contributed by atoms with E-state index in [1.807, 2.05) is 19.1 Å². The predicted octanol–water partition coefficient (Wildman–Crippen LogP) is 2.38. The molecule has 3 aliphatic rings. The highest BCUT2D eigenvalue weighted by Crippen LogP contribution is 2.39. The molecule has 8 atom stereocenters. The minimum absolute atomic E-state index is 0.0972. The van der Waals surface area contributed by atoms with Gasteiger partial charge >= 0.3 is 0 Å². The van der Waals surface area contributed by atoms with E-state index in [9.17, 15) is 35.7 Å². The molecule has 0 aromatic rings. The molecular formula is C29H58O8. The summed E-state index contributed by atoms with van der Waals surface area (Å²) in [5.41, 5.74) is -0.261. The van der Waals surface area contributed by atoms with Crippen molar-refractivity contribution in [2.45, 2.75) is 143 Å². The van der Waals surface area contributed by atoms with Crippen molar-refractivity contribution in [1.82, 2.24) is 0 Å². The standard InChI is InChI=1S/C10H20O5.C10H20O2.C6H10O.C3H8/c1-10(2,3)4-5(11)7(13)9(15)8(14)6(4)12;1-10(2,3)7-4-8(11)6-9(12)5-7;1-5-3-2-4-6(5)7;1-3-2/h4-9,11-15H,1-3H3;7-9,11-12H,4-6H2,1-3H3;2-3,5-7H,4H2,1H3;3H2,1-2H3/t;;5-,6-;/m..1./s1. The Bertz CT molecular complexity index is 615. The lowest BCUT2D eigenvalue weighted by atomic mass is 9.66. The molecule has 0 aliphatic heterocycles. The van der Waals surface area contributed by atoms with Gasteiger partial charge in [-0.3, -0.25) is 0 Å². The molecule has 8 heteroatoms. The van der Waals surface area contributed by atoms with Crippen LogP contribution in [0.15, 0.2) is 12.2 Å². The van der Waals surface area contributed by atoms with Crippen LogP contribution < -0.4 is 0 Å². The van der Waals surface area contributed by atoms with E-state index >= 15 is 0 Å². The molecule has 0 aromatic heterocycles. The van der Waals surface area contributed by atoms with Gasteiger partial charge in [-0.2, -0.15) is 0 Å². The van der Waals surface area contributed by atoms with Gasteiger partial charge < -0.3 is 40.9 Å². The van der Waals surface area contributed by atoms with Crippen molar-refractivity contribution >= 4 is 0 Å². The van der Waals surface area contributed by atoms with Crippen molar-refractivity contribution in [2.75, 3.05) is 0 Å². The fourth-order valence-electron chi connectivity index (χ4n) is 5.00. The molecule has 3 rings (SSSR count). The Morgan fingerprint density at radius 3 is 1.24 bits per heavy atom. The van der Waals surface area contributed by atoms with Gasteiger partial charge in [0.1, 0.15) is 18.3 Å². The number of rotatable bonds is 0. The van der Waals surface area contributed by atoms with E-state index in [4.69, 9.17) is 5.11 Å². The monoisotopic (exact) mass is 534 g/mol. The van der Waals surface area contributed by atoms with E-state index in [1.54, 1.807) is 20.8 Å². The zero-order valence-corrected chi connectivity index (χ0v) is 24.6. The third-order valence-electron chi connectivity index (χ3n) is 7.44. The summed E-state index contributed by atoms with van der Waals surface area (Å²) >= 11 is 0. The summed E-state index contributed by atoms with van der Waals surface area (Å²) in [5, 5.41) is 75.7. The quantitative estimate of drug-likeness (QED) is 0.220. The molecule has 222 valence electrons. The predicted molar refractivity (Wildman–Crippen MR) is 147 cm³/mol. The van der Waals surface area contributed by atoms with Gasteiger partial charge in [0.05, 0.1) is 30.5 Å². The van der Waals surface area contributed by atoms with Gasteiger partial charge in [0.15, 0.2) is 0 Å². The van der Waals surface area contributed by atoms with Gasteiger partial charge in [-0.1, -0.05) is 80.9 Å². The van der Waals surface area contributed by atoms with E-state index in [2.05, 4.69) is 34.6 Å². The normalized spacial score (nSPS) is 39.9. The third-order valence-corrected chi connectivity index (χ3v) is 7.44. The van der Waals surface area contributed by atoms with Crippen molar-refractivity contribution in [3.8, 4) is 0 Å². The Balaban J connectivity index is 0.000000523. The topological polar surface area (TPSA) is 162 Å². The van der Waals surface area contributed by atoms with E-state index in [1.165, 1.54) is 6.42 Å². The molecule has 37 heavy (non-hydrogen) atoms. The summed E-state index contributed by atoms with van der Waals surface area (Å²) in [4.78, 5) is 0. The van der Waals surface area contributed by atoms with Crippen LogP contribution in [0.3, 0.4) is 0 Å². The van der Waals surface area contributed by atoms with Crippen LogP contribution in [0.5, 0.6) is 0 Å². The maximum atomic E-state index is 9.75. The Kier molecular flexibility index (Phi) is 15.6. The van der Waals surface area contributed by atoms with E-state index in [-0.39, 0.29) is 23.7 Å². The first-order valence-electron chi connectivity index (χ1n) is 13.9. The summed E-state index contributed by atoms with van der Waals surface area (Å²) in [5.74, 6) is 0.169. The first kappa shape index (κ1) is 36.4. The fourth-order valence-corrected chi connectivity index (χ4v) is 5.00. The van der Waals surface area contributed by atoms with Gasteiger partial charge in [0.25, 0.3) is 0 Å². The number of aliphatic hydroxyl groups excluding tert-OH is 8. The molecule has 0 saturated heterocycles. The highest BCUT2D eigenvalue weighted by atomic mass is 16.4. The molecule has 8 nitrogen and oxygen atoms in total. The maximum absolute atomic E-state index is 9.75. The molecule has 0 bridgehead atoms. The Morgan fingerprint density at radius 2 is 1.00 bits per heavy atom. The van der Waals surface area contributed by atoms with E-state index < -0.39 is 41.9 Å². The van der Waals surface area contributed by atoms with Gasteiger partial charge in [0.2, 0.25) is 0 Å². The van der Waals surface area contributed by atoms with Crippen LogP contribution in [0, 0.1) is 28.6 Å². The zero-order valence-electron chi connectivity index (χ0n) is 24.6. The lowest BCUT2D eigenvalue weighted by Crippen LogP contribution is -2.63. The summed E-state index contributed by atoms with van der Waals surface area (Å²) in [6, 6.07) is 0. The zero-order chi connectivity index (χ0) is 29.3. The summed E-state index contributed by atoms with van der Waals surface area (Å²) in [7, 11) is 0. The van der Waals surface area contributed by atoms with Crippen molar-refractivity contribution in [1.29, 1.82) is 0 Å². The second-order valence-corrected chi connectivity index (χ2v) is 13.2. The van der Waals surface area contributed by atoms with Gasteiger partial charge in [-0.25, -0.2) is 0 Å². The van der Waals surface area contributed by atoms with Crippen LogP contribution in [0.1, 0.15) is 94.4 Å². The smallest absolute Gasteiger partial charge is 0.111 e. The molecule has 6 unspecified atom stereocenters. The molecule has 0 radical (unpaired) electrons. The van der Waals surface area contributed by atoms with Crippen molar-refractivity contribution in [3.05, 3.63) is 12.2 Å². The van der Waals surface area contributed by atoms with E-state index in [0.717, 1.165) is 19.3 Å². The summed E-state index contributed by atoms with van der Waals surface area (Å²) < 4.78 is 0. The lowest BCUT2D eigenvalue weighted by molar-refractivity contribution is -0.221. The Morgan fingerprint density at radius 1 is 0.622 bits per heavy atom. The van der Waals surface area contributed by atoms with Crippen LogP contribution in [0.4, 0.5) is 0 Å². The molecular weight excluding hydrogens is 476 g/mol. The lowest BCUT2D eigenvalue weighted by Gasteiger charge is -2.47. The van der Waals surface area contributed by atoms with Crippen LogP contribution >= 0.6 is 0 Å². The molecule has 0 spiro atoms. The van der Waals surface area contributed by atoms with Crippen molar-refractivity contribution in [2.24, 2.45) is 28.6 Å². The molecule has 0 amide bonds. The van der Waals surface area contributed by atoms with Gasteiger partial charge in [-0.15, -0.1) is 0 Å². The molecule has 3 aliphatic carbocycles. The molecule has 0 heterocycles. The summed E-state index contributed by atoms with van der Waals surface area (Å²) in [6.45, 7) is 18.2. The highest BCUT2D eigenvalue weighted by Gasteiger charge is 2.51. The Hall–Kier alpha value is -0.580. The highest BCUT2D eigenvalue weighted by molar-refractivity contribution is 5.02. The largest absolute Gasteiger partial charge is 0.393 e. The second kappa shape index (κ2) is 15.9. The Labute approximate surface area is 225 Å². The van der Waals surface area contributed by atoms with Crippen molar-refractivity contribution < 1.29 is 40.9 Å². The molecule has 8 N–H and O–H groups in total. The van der Waals surface area contributed by atoms with Gasteiger partial charge in [0, 0.05) is 11.8 Å². The second-order valence-electron chi connectivity index (χ2n) is 13.2. The third kappa shape index (κ3) is 12.0. The van der Waals surface area contributed by atoms with Crippen LogP contribution in [-0.2, 0) is 0 Å². The average molecular weight is 535 g/mol. The number of aliphatic hydroxyl groups is 8. The fraction of sp³-hybridized carbons (Fsp3) is 0.931. The molecule has 2 saturated carbocycles. The first-order chi connectivity index (χ1) is 16.8. The van der Waals surface area contributed by atoms with Crippen molar-refractivity contribution in [3.63, 3.8) is 0 Å². The summed E-state index contributed by atoms with van der Waals surface area (Å²) in [6.07, 6.45) is 0.913. The van der Waals surface area contributed by atoms with Crippen LogP contribution in [-0.4, -0.2) is 89.7 Å². The van der Waals surface area contributed by atoms with Gasteiger partial charge in [-0.05, 0) is 42.4 Å². The number of hydrogen-bond donors (Lipinski definition) is 8. The maximum Gasteiger partial charge on any atom is 0.111 e. The van der Waals surface area contributed by atoms with Crippen LogP contribution in [0.25, 0.3) is 0 Å².